The number of amidine groups is 1. The first-order valence-corrected chi connectivity index (χ1v) is 11.9. The largest absolute Gasteiger partial charge is 0.497 e. The zero-order valence-electron chi connectivity index (χ0n) is 18.0. The number of thioether (sulfide) groups is 1. The molecule has 1 saturated heterocycles. The van der Waals surface area contributed by atoms with Gasteiger partial charge in [0, 0.05) is 16.6 Å². The Morgan fingerprint density at radius 1 is 1.15 bits per heavy atom. The molecule has 0 saturated carbocycles. The molecule has 8 heteroatoms. The summed E-state index contributed by atoms with van der Waals surface area (Å²) < 4.78 is 12.1. The van der Waals surface area contributed by atoms with E-state index >= 15 is 0 Å². The first-order valence-electron chi connectivity index (χ1n) is 10.3. The molecular weight excluding hydrogens is 502 g/mol. The van der Waals surface area contributed by atoms with Gasteiger partial charge in [0.25, 0.3) is 0 Å². The van der Waals surface area contributed by atoms with Gasteiger partial charge in [0.1, 0.15) is 17.3 Å². The maximum atomic E-state index is 12.9. The second-order valence-electron chi connectivity index (χ2n) is 7.23. The molecule has 4 rings (SSSR count). The van der Waals surface area contributed by atoms with Crippen LogP contribution in [-0.2, 0) is 11.2 Å². The number of amides is 1. The number of hydrogen-bond donors (Lipinski definition) is 0. The Hall–Kier alpha value is -3.10. The number of furan rings is 1. The molecule has 1 unspecified atom stereocenters. The van der Waals surface area contributed by atoms with E-state index in [9.17, 15) is 4.79 Å². The number of hydrogen-bond acceptors (Lipinski definition) is 6. The van der Waals surface area contributed by atoms with E-state index in [4.69, 9.17) is 9.15 Å². The minimum Gasteiger partial charge on any atom is -0.497 e. The van der Waals surface area contributed by atoms with E-state index in [1.54, 1.807) is 24.3 Å². The Bertz CT molecular complexity index is 1190. The standard InChI is InChI=1S/C25H22BrN3O3S/c1-3-14-29-24(30)23(15-17-4-10-20(31-2)11-5-17)33-25(29)28-27-16-21-12-13-22(32-21)18-6-8-19(26)9-7-18/h3-13,16,23H,1,14-15H2,2H3. The van der Waals surface area contributed by atoms with Crippen molar-refractivity contribution in [1.29, 1.82) is 0 Å². The van der Waals surface area contributed by atoms with Gasteiger partial charge in [-0.05, 0) is 48.4 Å². The topological polar surface area (TPSA) is 67.4 Å². The number of ether oxygens (including phenoxy) is 1. The van der Waals surface area contributed by atoms with Crippen molar-refractivity contribution in [3.8, 4) is 17.1 Å². The summed E-state index contributed by atoms with van der Waals surface area (Å²) in [5.74, 6) is 2.11. The van der Waals surface area contributed by atoms with Crippen molar-refractivity contribution in [1.82, 2.24) is 4.90 Å². The third-order valence-corrected chi connectivity index (χ3v) is 6.69. The van der Waals surface area contributed by atoms with E-state index in [1.807, 2.05) is 60.7 Å². The molecule has 1 atom stereocenters. The molecule has 3 aromatic rings. The molecule has 0 radical (unpaired) electrons. The molecule has 0 aliphatic carbocycles. The third kappa shape index (κ3) is 5.64. The van der Waals surface area contributed by atoms with Crippen molar-refractivity contribution in [2.24, 2.45) is 10.2 Å². The molecule has 0 spiro atoms. The minimum absolute atomic E-state index is 0.000177. The summed E-state index contributed by atoms with van der Waals surface area (Å²) in [7, 11) is 1.63. The Morgan fingerprint density at radius 3 is 2.61 bits per heavy atom. The predicted octanol–water partition coefficient (Wildman–Crippen LogP) is 5.78. The van der Waals surface area contributed by atoms with Gasteiger partial charge in [-0.2, -0.15) is 5.10 Å². The summed E-state index contributed by atoms with van der Waals surface area (Å²) in [6.45, 7) is 4.14. The van der Waals surface area contributed by atoms with Gasteiger partial charge in [0.15, 0.2) is 5.17 Å². The molecule has 2 heterocycles. The summed E-state index contributed by atoms with van der Waals surface area (Å²) >= 11 is 4.84. The fourth-order valence-electron chi connectivity index (χ4n) is 3.32. The van der Waals surface area contributed by atoms with Crippen LogP contribution in [0.15, 0.2) is 92.4 Å². The molecule has 1 aliphatic heterocycles. The number of carbonyl (C=O) groups is 1. The molecule has 1 fully saturated rings. The molecule has 0 bridgehead atoms. The highest BCUT2D eigenvalue weighted by Gasteiger charge is 2.37. The monoisotopic (exact) mass is 523 g/mol. The van der Waals surface area contributed by atoms with Gasteiger partial charge in [-0.3, -0.25) is 9.69 Å². The van der Waals surface area contributed by atoms with Crippen molar-refractivity contribution in [3.63, 3.8) is 0 Å². The fraction of sp³-hybridized carbons (Fsp3) is 0.160. The van der Waals surface area contributed by atoms with Crippen LogP contribution in [0, 0.1) is 0 Å². The van der Waals surface area contributed by atoms with Gasteiger partial charge in [-0.15, -0.1) is 11.7 Å². The first kappa shape index (κ1) is 23.1. The van der Waals surface area contributed by atoms with Gasteiger partial charge < -0.3 is 9.15 Å². The van der Waals surface area contributed by atoms with Crippen LogP contribution in [0.3, 0.4) is 0 Å². The van der Waals surface area contributed by atoms with Gasteiger partial charge in [0.05, 0.1) is 18.6 Å². The number of rotatable bonds is 8. The van der Waals surface area contributed by atoms with Crippen LogP contribution < -0.4 is 4.74 Å². The Labute approximate surface area is 205 Å². The first-order chi connectivity index (χ1) is 16.1. The summed E-state index contributed by atoms with van der Waals surface area (Å²) in [4.78, 5) is 14.5. The van der Waals surface area contributed by atoms with E-state index < -0.39 is 0 Å². The van der Waals surface area contributed by atoms with Crippen LogP contribution in [0.4, 0.5) is 0 Å². The lowest BCUT2D eigenvalue weighted by Gasteiger charge is -2.12. The van der Waals surface area contributed by atoms with Crippen molar-refractivity contribution in [2.45, 2.75) is 11.7 Å². The molecule has 168 valence electrons. The second kappa shape index (κ2) is 10.7. The van der Waals surface area contributed by atoms with Crippen LogP contribution in [-0.4, -0.2) is 41.1 Å². The van der Waals surface area contributed by atoms with Crippen LogP contribution >= 0.6 is 27.7 Å². The summed E-state index contributed by atoms with van der Waals surface area (Å²) in [6, 6.07) is 19.3. The number of halogens is 1. The molecule has 1 aromatic heterocycles. The summed E-state index contributed by atoms with van der Waals surface area (Å²) in [6.07, 6.45) is 3.83. The number of benzene rings is 2. The van der Waals surface area contributed by atoms with E-state index in [1.165, 1.54) is 11.8 Å². The fourth-order valence-corrected chi connectivity index (χ4v) is 4.72. The Balaban J connectivity index is 1.46. The van der Waals surface area contributed by atoms with Gasteiger partial charge in [0.2, 0.25) is 5.91 Å². The molecule has 1 aliphatic rings. The van der Waals surface area contributed by atoms with Crippen LogP contribution in [0.2, 0.25) is 0 Å². The average molecular weight is 524 g/mol. The van der Waals surface area contributed by atoms with Crippen LogP contribution in [0.25, 0.3) is 11.3 Å². The molecule has 0 N–H and O–H groups in total. The molecule has 33 heavy (non-hydrogen) atoms. The summed E-state index contributed by atoms with van der Waals surface area (Å²) in [5.41, 5.74) is 2.03. The van der Waals surface area contributed by atoms with Crippen LogP contribution in [0.1, 0.15) is 11.3 Å². The lowest BCUT2D eigenvalue weighted by Crippen LogP contribution is -2.32. The van der Waals surface area contributed by atoms with E-state index in [-0.39, 0.29) is 11.2 Å². The summed E-state index contributed by atoms with van der Waals surface area (Å²) in [5, 5.41) is 8.76. The molecule has 2 aromatic carbocycles. The number of nitrogens with zero attached hydrogens (tertiary/aromatic N) is 3. The normalized spacial score (nSPS) is 17.3. The molecule has 1 amide bonds. The minimum atomic E-state index is -0.264. The van der Waals surface area contributed by atoms with E-state index in [0.717, 1.165) is 27.1 Å². The second-order valence-corrected chi connectivity index (χ2v) is 9.32. The van der Waals surface area contributed by atoms with Gasteiger partial charge in [-0.25, -0.2) is 0 Å². The zero-order valence-corrected chi connectivity index (χ0v) is 20.4. The quantitative estimate of drug-likeness (QED) is 0.213. The lowest BCUT2D eigenvalue weighted by atomic mass is 10.1. The smallest absolute Gasteiger partial charge is 0.242 e. The maximum absolute atomic E-state index is 12.9. The zero-order chi connectivity index (χ0) is 23.2. The molecular formula is C25H22BrN3O3S. The van der Waals surface area contributed by atoms with Gasteiger partial charge in [-0.1, -0.05) is 58.0 Å². The third-order valence-electron chi connectivity index (χ3n) is 5.00. The van der Waals surface area contributed by atoms with Crippen molar-refractivity contribution in [2.75, 3.05) is 13.7 Å². The SMILES string of the molecule is C=CCN1C(=O)C(Cc2ccc(OC)cc2)SC1=NN=Cc1ccc(-c2ccc(Br)cc2)o1. The maximum Gasteiger partial charge on any atom is 0.242 e. The highest BCUT2D eigenvalue weighted by Crippen LogP contribution is 2.30. The average Bonchev–Trinajstić information content (AvgIpc) is 3.41. The van der Waals surface area contributed by atoms with Gasteiger partial charge >= 0.3 is 0 Å². The number of methoxy groups -OCH3 is 1. The van der Waals surface area contributed by atoms with E-state index in [0.29, 0.717) is 23.9 Å². The highest BCUT2D eigenvalue weighted by atomic mass is 79.9. The lowest BCUT2D eigenvalue weighted by molar-refractivity contribution is -0.125. The van der Waals surface area contributed by atoms with Crippen molar-refractivity contribution < 1.29 is 13.9 Å². The Morgan fingerprint density at radius 2 is 1.91 bits per heavy atom. The Kier molecular flexibility index (Phi) is 7.47. The predicted molar refractivity (Wildman–Crippen MR) is 137 cm³/mol. The van der Waals surface area contributed by atoms with Crippen molar-refractivity contribution in [3.05, 3.63) is 89.1 Å². The number of carbonyl (C=O) groups excluding carboxylic acids is 1. The highest BCUT2D eigenvalue weighted by molar-refractivity contribution is 9.10. The van der Waals surface area contributed by atoms with Crippen molar-refractivity contribution >= 4 is 45.0 Å². The van der Waals surface area contributed by atoms with E-state index in [2.05, 4.69) is 32.7 Å². The van der Waals surface area contributed by atoms with Crippen LogP contribution in [0.5, 0.6) is 5.75 Å². The molecule has 6 nitrogen and oxygen atoms in total.